The summed E-state index contributed by atoms with van der Waals surface area (Å²) in [5.74, 6) is 0.166. The minimum atomic E-state index is -4.44. The number of alkyl halides is 4. The first-order chi connectivity index (χ1) is 9.50. The van der Waals surface area contributed by atoms with Crippen molar-refractivity contribution < 1.29 is 22.6 Å². The maximum atomic E-state index is 13.0. The SMILES string of the molecule is FC(F)(F)c1cc(CCl)ccc1OCC1CCOCC1. The van der Waals surface area contributed by atoms with E-state index in [0.717, 1.165) is 18.9 Å². The lowest BCUT2D eigenvalue weighted by molar-refractivity contribution is -0.139. The van der Waals surface area contributed by atoms with Gasteiger partial charge in [-0.05, 0) is 36.5 Å². The molecule has 0 atom stereocenters. The molecule has 0 amide bonds. The lowest BCUT2D eigenvalue weighted by atomic mass is 10.0. The first kappa shape index (κ1) is 15.4. The summed E-state index contributed by atoms with van der Waals surface area (Å²) in [5.41, 5.74) is -0.333. The van der Waals surface area contributed by atoms with Crippen LogP contribution in [0.4, 0.5) is 13.2 Å². The van der Waals surface area contributed by atoms with Crippen LogP contribution < -0.4 is 4.74 Å². The van der Waals surface area contributed by atoms with E-state index in [1.165, 1.54) is 6.07 Å². The molecule has 2 nitrogen and oxygen atoms in total. The summed E-state index contributed by atoms with van der Waals surface area (Å²) < 4.78 is 49.6. The highest BCUT2D eigenvalue weighted by atomic mass is 35.5. The second kappa shape index (κ2) is 6.68. The van der Waals surface area contributed by atoms with E-state index in [2.05, 4.69) is 0 Å². The summed E-state index contributed by atoms with van der Waals surface area (Å²) in [5, 5.41) is 0. The van der Waals surface area contributed by atoms with E-state index in [4.69, 9.17) is 21.1 Å². The first-order valence-electron chi connectivity index (χ1n) is 6.47. The molecule has 6 heteroatoms. The van der Waals surface area contributed by atoms with Gasteiger partial charge in [-0.2, -0.15) is 13.2 Å². The molecule has 1 fully saturated rings. The number of benzene rings is 1. The summed E-state index contributed by atoms with van der Waals surface area (Å²) in [6.07, 6.45) is -2.80. The molecule has 1 heterocycles. The maximum Gasteiger partial charge on any atom is 0.419 e. The van der Waals surface area contributed by atoms with Crippen molar-refractivity contribution in [1.82, 2.24) is 0 Å². The molecule has 1 saturated heterocycles. The zero-order valence-corrected chi connectivity index (χ0v) is 11.6. The largest absolute Gasteiger partial charge is 0.493 e. The van der Waals surface area contributed by atoms with E-state index in [1.807, 2.05) is 0 Å². The topological polar surface area (TPSA) is 18.5 Å². The molecule has 0 unspecified atom stereocenters. The zero-order chi connectivity index (χ0) is 14.6. The van der Waals surface area contributed by atoms with Crippen LogP contribution in [0.5, 0.6) is 5.75 Å². The van der Waals surface area contributed by atoms with Crippen molar-refractivity contribution >= 4 is 11.6 Å². The fraction of sp³-hybridized carbons (Fsp3) is 0.571. The van der Waals surface area contributed by atoms with Crippen LogP contribution in [0.2, 0.25) is 0 Å². The molecule has 0 radical (unpaired) electrons. The van der Waals surface area contributed by atoms with E-state index in [-0.39, 0.29) is 24.2 Å². The average Bonchev–Trinajstić information content (AvgIpc) is 2.45. The standard InChI is InChI=1S/C14H16ClF3O2/c15-8-11-1-2-13(12(7-11)14(16,17)18)20-9-10-3-5-19-6-4-10/h1-2,7,10H,3-6,8-9H2. The van der Waals surface area contributed by atoms with Gasteiger partial charge in [0.05, 0.1) is 12.2 Å². The van der Waals surface area contributed by atoms with Crippen molar-refractivity contribution in [2.24, 2.45) is 5.92 Å². The van der Waals surface area contributed by atoms with Gasteiger partial charge in [0.2, 0.25) is 0 Å². The van der Waals surface area contributed by atoms with Crippen molar-refractivity contribution in [2.75, 3.05) is 19.8 Å². The predicted octanol–water partition coefficient (Wildman–Crippen LogP) is 4.25. The molecule has 1 aromatic carbocycles. The Labute approximate surface area is 120 Å². The minimum absolute atomic E-state index is 0.0450. The second-order valence-corrected chi connectivity index (χ2v) is 5.10. The Balaban J connectivity index is 2.09. The quantitative estimate of drug-likeness (QED) is 0.774. The maximum absolute atomic E-state index is 13.0. The molecule has 1 aliphatic rings. The summed E-state index contributed by atoms with van der Waals surface area (Å²) in [4.78, 5) is 0. The Bertz CT molecular complexity index is 443. The van der Waals surface area contributed by atoms with Crippen LogP contribution in [0.3, 0.4) is 0 Å². The molecule has 0 aromatic heterocycles. The average molecular weight is 309 g/mol. The summed E-state index contributed by atoms with van der Waals surface area (Å²) in [6, 6.07) is 3.95. The van der Waals surface area contributed by atoms with Crippen molar-refractivity contribution in [1.29, 1.82) is 0 Å². The van der Waals surface area contributed by atoms with Gasteiger partial charge < -0.3 is 9.47 Å². The number of halogens is 4. The molecular formula is C14H16ClF3O2. The van der Waals surface area contributed by atoms with Crippen LogP contribution in [-0.4, -0.2) is 19.8 Å². The van der Waals surface area contributed by atoms with Crippen molar-refractivity contribution in [3.8, 4) is 5.75 Å². The molecular weight excluding hydrogens is 293 g/mol. The van der Waals surface area contributed by atoms with Gasteiger partial charge in [-0.25, -0.2) is 0 Å². The molecule has 0 aliphatic carbocycles. The van der Waals surface area contributed by atoms with Crippen LogP contribution in [0, 0.1) is 5.92 Å². The summed E-state index contributed by atoms with van der Waals surface area (Å²) in [7, 11) is 0. The Kier molecular flexibility index (Phi) is 5.16. The Morgan fingerprint density at radius 2 is 1.95 bits per heavy atom. The van der Waals surface area contributed by atoms with Gasteiger partial charge in [-0.3, -0.25) is 0 Å². The van der Waals surface area contributed by atoms with E-state index in [1.54, 1.807) is 6.07 Å². The number of rotatable bonds is 4. The lowest BCUT2D eigenvalue weighted by Gasteiger charge is -2.23. The molecule has 2 rings (SSSR count). The normalized spacial score (nSPS) is 17.2. The molecule has 1 aromatic rings. The Morgan fingerprint density at radius 1 is 1.25 bits per heavy atom. The Morgan fingerprint density at radius 3 is 2.55 bits per heavy atom. The van der Waals surface area contributed by atoms with Crippen LogP contribution >= 0.6 is 11.6 Å². The first-order valence-corrected chi connectivity index (χ1v) is 7.01. The highest BCUT2D eigenvalue weighted by molar-refractivity contribution is 6.17. The summed E-state index contributed by atoms with van der Waals surface area (Å²) in [6.45, 7) is 1.57. The van der Waals surface area contributed by atoms with Crippen molar-refractivity contribution in [3.63, 3.8) is 0 Å². The minimum Gasteiger partial charge on any atom is -0.493 e. The zero-order valence-electron chi connectivity index (χ0n) is 10.9. The van der Waals surface area contributed by atoms with Gasteiger partial charge in [-0.15, -0.1) is 11.6 Å². The van der Waals surface area contributed by atoms with Crippen molar-refractivity contribution in [2.45, 2.75) is 24.9 Å². The van der Waals surface area contributed by atoms with Gasteiger partial charge >= 0.3 is 6.18 Å². The predicted molar refractivity (Wildman–Crippen MR) is 70.0 cm³/mol. The van der Waals surface area contributed by atoms with Gasteiger partial charge in [0.1, 0.15) is 5.75 Å². The van der Waals surface area contributed by atoms with Gasteiger partial charge in [0, 0.05) is 19.1 Å². The fourth-order valence-electron chi connectivity index (χ4n) is 2.13. The van der Waals surface area contributed by atoms with Crippen LogP contribution in [0.15, 0.2) is 18.2 Å². The molecule has 0 spiro atoms. The molecule has 0 saturated carbocycles. The lowest BCUT2D eigenvalue weighted by Crippen LogP contribution is -2.22. The van der Waals surface area contributed by atoms with Gasteiger partial charge in [0.15, 0.2) is 0 Å². The van der Waals surface area contributed by atoms with Crippen LogP contribution in [-0.2, 0) is 16.8 Å². The van der Waals surface area contributed by atoms with E-state index >= 15 is 0 Å². The highest BCUT2D eigenvalue weighted by Gasteiger charge is 2.34. The van der Waals surface area contributed by atoms with Crippen LogP contribution in [0.1, 0.15) is 24.0 Å². The highest BCUT2D eigenvalue weighted by Crippen LogP contribution is 2.37. The second-order valence-electron chi connectivity index (χ2n) is 4.83. The fourth-order valence-corrected chi connectivity index (χ4v) is 2.29. The van der Waals surface area contributed by atoms with E-state index < -0.39 is 11.7 Å². The molecule has 20 heavy (non-hydrogen) atoms. The molecule has 0 N–H and O–H groups in total. The van der Waals surface area contributed by atoms with Crippen LogP contribution in [0.25, 0.3) is 0 Å². The van der Waals surface area contributed by atoms with E-state index in [0.29, 0.717) is 18.8 Å². The number of ether oxygens (including phenoxy) is 2. The van der Waals surface area contributed by atoms with Gasteiger partial charge in [-0.1, -0.05) is 6.07 Å². The Hall–Kier alpha value is -0.940. The third kappa shape index (κ3) is 4.03. The smallest absolute Gasteiger partial charge is 0.419 e. The number of hydrogen-bond donors (Lipinski definition) is 0. The number of hydrogen-bond acceptors (Lipinski definition) is 2. The molecule has 112 valence electrons. The monoisotopic (exact) mass is 308 g/mol. The third-order valence-corrected chi connectivity index (χ3v) is 3.63. The summed E-state index contributed by atoms with van der Waals surface area (Å²) >= 11 is 5.58. The van der Waals surface area contributed by atoms with E-state index in [9.17, 15) is 13.2 Å². The van der Waals surface area contributed by atoms with Crippen molar-refractivity contribution in [3.05, 3.63) is 29.3 Å². The molecule has 0 bridgehead atoms. The third-order valence-electron chi connectivity index (χ3n) is 3.32. The molecule has 1 aliphatic heterocycles. The van der Waals surface area contributed by atoms with Gasteiger partial charge in [0.25, 0.3) is 0 Å².